The molecule has 1 aliphatic heterocycles. The zero-order valence-corrected chi connectivity index (χ0v) is 15.7. The number of fused-ring (bicyclic) bond motifs is 1. The number of halogens is 3. The average Bonchev–Trinajstić information content (AvgIpc) is 2.70. The number of nitrogens with zero attached hydrogens (tertiary/aromatic N) is 1. The van der Waals surface area contributed by atoms with E-state index in [1.165, 1.54) is 12.1 Å². The van der Waals surface area contributed by atoms with E-state index in [1.54, 1.807) is 0 Å². The minimum atomic E-state index is -4.37. The molecular weight excluding hydrogens is 377 g/mol. The van der Waals surface area contributed by atoms with E-state index < -0.39 is 17.8 Å². The van der Waals surface area contributed by atoms with Crippen LogP contribution in [0.2, 0.25) is 0 Å². The van der Waals surface area contributed by atoms with E-state index in [0.29, 0.717) is 5.56 Å². The highest BCUT2D eigenvalue weighted by Crippen LogP contribution is 2.36. The summed E-state index contributed by atoms with van der Waals surface area (Å²) in [5.41, 5.74) is 1.86. The van der Waals surface area contributed by atoms with Crippen molar-refractivity contribution in [3.05, 3.63) is 83.4 Å². The molecule has 6 heteroatoms. The number of nitrogens with one attached hydrogen (secondary N) is 1. The Bertz CT molecular complexity index is 1080. The molecule has 3 aromatic rings. The van der Waals surface area contributed by atoms with Crippen LogP contribution in [0.15, 0.2) is 71.7 Å². The zero-order chi connectivity index (χ0) is 20.6. The Morgan fingerprint density at radius 1 is 1.00 bits per heavy atom. The van der Waals surface area contributed by atoms with Gasteiger partial charge < -0.3 is 5.32 Å². The van der Waals surface area contributed by atoms with E-state index in [2.05, 4.69) is 10.3 Å². The van der Waals surface area contributed by atoms with E-state index in [1.807, 2.05) is 49.4 Å². The minimum Gasteiger partial charge on any atom is -0.350 e. The van der Waals surface area contributed by atoms with Crippen LogP contribution in [0.1, 0.15) is 29.5 Å². The lowest BCUT2D eigenvalue weighted by Crippen LogP contribution is -2.45. The fourth-order valence-electron chi connectivity index (χ4n) is 3.75. The van der Waals surface area contributed by atoms with Gasteiger partial charge in [0.2, 0.25) is 5.91 Å². The lowest BCUT2D eigenvalue weighted by Gasteiger charge is -2.33. The Hall–Kier alpha value is -3.15. The molecular formula is C23H19F3N2O. The number of carbonyl (C=O) groups excluding carboxylic acids is 1. The summed E-state index contributed by atoms with van der Waals surface area (Å²) in [5, 5.41) is 5.00. The predicted octanol–water partition coefficient (Wildman–Crippen LogP) is 5.10. The lowest BCUT2D eigenvalue weighted by molar-refractivity contribution is -0.137. The number of carbonyl (C=O) groups is 1. The van der Waals surface area contributed by atoms with Gasteiger partial charge in [0.05, 0.1) is 11.5 Å². The van der Waals surface area contributed by atoms with Gasteiger partial charge in [-0.15, -0.1) is 0 Å². The van der Waals surface area contributed by atoms with E-state index in [0.717, 1.165) is 34.2 Å². The Morgan fingerprint density at radius 3 is 2.38 bits per heavy atom. The van der Waals surface area contributed by atoms with Gasteiger partial charge in [0, 0.05) is 12.3 Å². The first kappa shape index (κ1) is 19.2. The summed E-state index contributed by atoms with van der Waals surface area (Å²) in [5.74, 6) is -0.331. The monoisotopic (exact) mass is 396 g/mol. The fourth-order valence-corrected chi connectivity index (χ4v) is 3.75. The summed E-state index contributed by atoms with van der Waals surface area (Å²) in [6.07, 6.45) is -4.37. The van der Waals surface area contributed by atoms with Gasteiger partial charge in [0.15, 0.2) is 0 Å². The summed E-state index contributed by atoms with van der Waals surface area (Å²) in [7, 11) is 0. The molecule has 1 heterocycles. The van der Waals surface area contributed by atoms with Gasteiger partial charge in [-0.1, -0.05) is 54.6 Å². The SMILES string of the molecule is CC1=N[C@@H](C(=O)NCc2ccc(C(F)(F)F)cc2)[C@H]1c1cccc2ccccc12. The Labute approximate surface area is 166 Å². The van der Waals surface area contributed by atoms with Gasteiger partial charge in [-0.05, 0) is 41.0 Å². The summed E-state index contributed by atoms with van der Waals surface area (Å²) < 4.78 is 38.0. The lowest BCUT2D eigenvalue weighted by atomic mass is 9.80. The molecule has 0 saturated carbocycles. The van der Waals surface area contributed by atoms with Gasteiger partial charge in [-0.3, -0.25) is 9.79 Å². The molecule has 0 aromatic heterocycles. The highest BCUT2D eigenvalue weighted by molar-refractivity contribution is 6.06. The third kappa shape index (κ3) is 3.75. The van der Waals surface area contributed by atoms with Crippen molar-refractivity contribution in [1.29, 1.82) is 0 Å². The van der Waals surface area contributed by atoms with Crippen molar-refractivity contribution in [3.63, 3.8) is 0 Å². The minimum absolute atomic E-state index is 0.103. The number of rotatable bonds is 4. The summed E-state index contributed by atoms with van der Waals surface area (Å²) in [4.78, 5) is 17.1. The molecule has 29 heavy (non-hydrogen) atoms. The van der Waals surface area contributed by atoms with E-state index in [4.69, 9.17) is 0 Å². The molecule has 0 fully saturated rings. The van der Waals surface area contributed by atoms with Crippen molar-refractivity contribution < 1.29 is 18.0 Å². The van der Waals surface area contributed by atoms with Crippen molar-refractivity contribution in [2.75, 3.05) is 0 Å². The molecule has 4 rings (SSSR count). The Balaban J connectivity index is 1.48. The molecule has 0 saturated heterocycles. The summed E-state index contributed by atoms with van der Waals surface area (Å²) in [6, 6.07) is 18.3. The molecule has 1 aliphatic rings. The van der Waals surface area contributed by atoms with Crippen molar-refractivity contribution in [2.45, 2.75) is 31.6 Å². The van der Waals surface area contributed by atoms with Crippen LogP contribution in [0.25, 0.3) is 10.8 Å². The van der Waals surface area contributed by atoms with Crippen molar-refractivity contribution in [1.82, 2.24) is 5.32 Å². The molecule has 0 unspecified atom stereocenters. The van der Waals surface area contributed by atoms with Gasteiger partial charge in [-0.2, -0.15) is 13.2 Å². The molecule has 1 amide bonds. The number of aliphatic imine (C=N–C) groups is 1. The van der Waals surface area contributed by atoms with Crippen LogP contribution < -0.4 is 5.32 Å². The second-order valence-corrected chi connectivity index (χ2v) is 7.17. The Morgan fingerprint density at radius 2 is 1.69 bits per heavy atom. The first-order valence-electron chi connectivity index (χ1n) is 9.30. The maximum atomic E-state index is 12.7. The maximum Gasteiger partial charge on any atom is 0.416 e. The van der Waals surface area contributed by atoms with E-state index >= 15 is 0 Å². The van der Waals surface area contributed by atoms with Crippen molar-refractivity contribution in [3.8, 4) is 0 Å². The van der Waals surface area contributed by atoms with E-state index in [-0.39, 0.29) is 18.4 Å². The zero-order valence-electron chi connectivity index (χ0n) is 15.7. The highest BCUT2D eigenvalue weighted by Gasteiger charge is 2.39. The van der Waals surface area contributed by atoms with Crippen LogP contribution in [0.3, 0.4) is 0 Å². The number of amides is 1. The molecule has 3 aromatic carbocycles. The van der Waals surface area contributed by atoms with Crippen molar-refractivity contribution in [2.24, 2.45) is 4.99 Å². The largest absolute Gasteiger partial charge is 0.416 e. The number of hydrogen-bond donors (Lipinski definition) is 1. The van der Waals surface area contributed by atoms with Crippen LogP contribution in [0, 0.1) is 0 Å². The number of hydrogen-bond acceptors (Lipinski definition) is 2. The van der Waals surface area contributed by atoms with Crippen LogP contribution >= 0.6 is 0 Å². The van der Waals surface area contributed by atoms with Crippen molar-refractivity contribution >= 4 is 22.4 Å². The second kappa shape index (κ2) is 7.35. The molecule has 2 atom stereocenters. The van der Waals surface area contributed by atoms with Crippen LogP contribution in [0.5, 0.6) is 0 Å². The van der Waals surface area contributed by atoms with Crippen LogP contribution in [0.4, 0.5) is 13.2 Å². The first-order chi connectivity index (χ1) is 13.8. The molecule has 0 spiro atoms. The van der Waals surface area contributed by atoms with Gasteiger partial charge >= 0.3 is 6.18 Å². The molecule has 148 valence electrons. The second-order valence-electron chi connectivity index (χ2n) is 7.17. The van der Waals surface area contributed by atoms with Crippen LogP contribution in [-0.2, 0) is 17.5 Å². The summed E-state index contributed by atoms with van der Waals surface area (Å²) >= 11 is 0. The average molecular weight is 396 g/mol. The van der Waals surface area contributed by atoms with E-state index in [9.17, 15) is 18.0 Å². The van der Waals surface area contributed by atoms with Gasteiger partial charge in [0.1, 0.15) is 6.04 Å². The first-order valence-corrected chi connectivity index (χ1v) is 9.30. The van der Waals surface area contributed by atoms with Gasteiger partial charge in [0.25, 0.3) is 0 Å². The number of alkyl halides is 3. The highest BCUT2D eigenvalue weighted by atomic mass is 19.4. The smallest absolute Gasteiger partial charge is 0.350 e. The normalized spacial score (nSPS) is 18.8. The fraction of sp³-hybridized carbons (Fsp3) is 0.217. The quantitative estimate of drug-likeness (QED) is 0.655. The topological polar surface area (TPSA) is 41.5 Å². The number of benzene rings is 3. The molecule has 0 radical (unpaired) electrons. The maximum absolute atomic E-state index is 12.7. The Kier molecular flexibility index (Phi) is 4.86. The standard InChI is InChI=1S/C23H19F3N2O/c1-14-20(19-8-4-6-16-5-2-3-7-18(16)19)21(28-14)22(29)27-13-15-9-11-17(12-10-15)23(24,25)26/h2-12,20-21H,13H2,1H3,(H,27,29)/t20-,21-/m1/s1. The third-order valence-electron chi connectivity index (χ3n) is 5.28. The van der Waals surface area contributed by atoms with Gasteiger partial charge in [-0.25, -0.2) is 0 Å². The van der Waals surface area contributed by atoms with Crippen LogP contribution in [-0.4, -0.2) is 17.7 Å². The molecule has 0 aliphatic carbocycles. The molecule has 1 N–H and O–H groups in total. The summed E-state index contributed by atoms with van der Waals surface area (Å²) in [6.45, 7) is 2.07. The third-order valence-corrected chi connectivity index (χ3v) is 5.28. The molecule has 0 bridgehead atoms. The molecule has 3 nitrogen and oxygen atoms in total. The predicted molar refractivity (Wildman–Crippen MR) is 107 cm³/mol.